The summed E-state index contributed by atoms with van der Waals surface area (Å²) in [5.74, 6) is 0.470. The van der Waals surface area contributed by atoms with E-state index in [-0.39, 0.29) is 11.4 Å². The van der Waals surface area contributed by atoms with E-state index in [4.69, 9.17) is 0 Å². The lowest BCUT2D eigenvalue weighted by Crippen LogP contribution is -2.58. The minimum absolute atomic E-state index is 0.00440. The number of fused-ring (bicyclic) bond motifs is 2. The zero-order valence-electron chi connectivity index (χ0n) is 14.3. The molecule has 5 heteroatoms. The van der Waals surface area contributed by atoms with Gasteiger partial charge in [-0.1, -0.05) is 17.7 Å². The lowest BCUT2D eigenvalue weighted by atomic mass is 9.90. The number of rotatable bonds is 1. The molecule has 0 saturated heterocycles. The molecule has 24 heavy (non-hydrogen) atoms. The number of benzene rings is 1. The summed E-state index contributed by atoms with van der Waals surface area (Å²) in [7, 11) is 0. The maximum atomic E-state index is 13.1. The molecule has 3 heterocycles. The minimum atomic E-state index is -0.0524. The molecule has 0 unspecified atom stereocenters. The zero-order valence-corrected chi connectivity index (χ0v) is 14.3. The molecular weight excluding hydrogens is 300 g/mol. The van der Waals surface area contributed by atoms with Crippen molar-refractivity contribution in [1.82, 2.24) is 10.2 Å². The highest BCUT2D eigenvalue weighted by Gasteiger charge is 2.42. The summed E-state index contributed by atoms with van der Waals surface area (Å²) in [6.45, 7) is 7.83. The van der Waals surface area contributed by atoms with E-state index in [1.165, 1.54) is 11.3 Å². The van der Waals surface area contributed by atoms with Gasteiger partial charge in [-0.05, 0) is 39.0 Å². The fourth-order valence-corrected chi connectivity index (χ4v) is 3.50. The van der Waals surface area contributed by atoms with Gasteiger partial charge in [0.25, 0.3) is 5.91 Å². The maximum absolute atomic E-state index is 13.1. The topological polar surface area (TPSA) is 47.9 Å². The second kappa shape index (κ2) is 5.31. The molecule has 0 atom stereocenters. The van der Waals surface area contributed by atoms with Crippen LogP contribution in [0.1, 0.15) is 25.8 Å². The summed E-state index contributed by atoms with van der Waals surface area (Å²) in [5.41, 5.74) is 4.32. The number of amidine groups is 1. The molecule has 0 bridgehead atoms. The summed E-state index contributed by atoms with van der Waals surface area (Å²) < 4.78 is 0. The number of hydrogen-bond donors (Lipinski definition) is 1. The molecule has 0 radical (unpaired) electrons. The van der Waals surface area contributed by atoms with Gasteiger partial charge < -0.3 is 10.2 Å². The zero-order chi connectivity index (χ0) is 16.9. The molecule has 3 aliphatic heterocycles. The van der Waals surface area contributed by atoms with E-state index in [1.54, 1.807) is 6.20 Å². The molecule has 0 aromatic heterocycles. The molecule has 0 aliphatic carbocycles. The van der Waals surface area contributed by atoms with Crippen LogP contribution in [0.15, 0.2) is 52.9 Å². The van der Waals surface area contributed by atoms with Gasteiger partial charge in [0.2, 0.25) is 0 Å². The van der Waals surface area contributed by atoms with Crippen LogP contribution in [0.2, 0.25) is 0 Å². The summed E-state index contributed by atoms with van der Waals surface area (Å²) >= 11 is 0. The van der Waals surface area contributed by atoms with Gasteiger partial charge in [-0.3, -0.25) is 9.69 Å². The van der Waals surface area contributed by atoms with Crippen LogP contribution < -0.4 is 10.2 Å². The largest absolute Gasteiger partial charge is 0.320 e. The normalized spacial score (nSPS) is 22.3. The van der Waals surface area contributed by atoms with E-state index in [2.05, 4.69) is 36.0 Å². The van der Waals surface area contributed by atoms with Crippen molar-refractivity contribution in [3.8, 4) is 0 Å². The lowest BCUT2D eigenvalue weighted by molar-refractivity contribution is -0.113. The Kier molecular flexibility index (Phi) is 3.35. The smallest absolute Gasteiger partial charge is 0.298 e. The van der Waals surface area contributed by atoms with Gasteiger partial charge in [-0.15, -0.1) is 0 Å². The first-order chi connectivity index (χ1) is 11.5. The highest BCUT2D eigenvalue weighted by molar-refractivity contribution is 6.45. The Morgan fingerprint density at radius 2 is 1.92 bits per heavy atom. The van der Waals surface area contributed by atoms with E-state index in [1.807, 2.05) is 35.2 Å². The van der Waals surface area contributed by atoms with Crippen molar-refractivity contribution in [2.75, 3.05) is 18.0 Å². The lowest BCUT2D eigenvalue weighted by Gasteiger charge is -2.46. The van der Waals surface area contributed by atoms with Crippen molar-refractivity contribution in [2.24, 2.45) is 4.99 Å². The average molecular weight is 322 g/mol. The van der Waals surface area contributed by atoms with E-state index in [0.717, 1.165) is 17.8 Å². The molecule has 1 aromatic rings. The number of aliphatic imine (C=N–C) groups is 1. The minimum Gasteiger partial charge on any atom is -0.320 e. The Morgan fingerprint density at radius 3 is 2.67 bits per heavy atom. The molecule has 0 spiro atoms. The third-order valence-electron chi connectivity index (χ3n) is 4.81. The van der Waals surface area contributed by atoms with Crippen LogP contribution in [-0.2, 0) is 4.79 Å². The fourth-order valence-electron chi connectivity index (χ4n) is 3.50. The Hall–Kier alpha value is -2.40. The van der Waals surface area contributed by atoms with Crippen molar-refractivity contribution in [3.05, 3.63) is 53.5 Å². The maximum Gasteiger partial charge on any atom is 0.298 e. The SMILES string of the molecule is Cc1ccc(N2C(=O)C3=NC=CCN3C3=C2CNC(C)(C)C3)cc1. The van der Waals surface area contributed by atoms with Gasteiger partial charge in [0.05, 0.1) is 5.70 Å². The quantitative estimate of drug-likeness (QED) is 0.864. The predicted octanol–water partition coefficient (Wildman–Crippen LogP) is 2.55. The van der Waals surface area contributed by atoms with Crippen LogP contribution in [0, 0.1) is 6.92 Å². The number of aryl methyl sites for hydroxylation is 1. The first-order valence-corrected chi connectivity index (χ1v) is 8.35. The number of hydrogen-bond acceptors (Lipinski definition) is 4. The number of carbonyl (C=O) groups is 1. The van der Waals surface area contributed by atoms with Crippen molar-refractivity contribution in [3.63, 3.8) is 0 Å². The molecule has 1 amide bonds. The Bertz CT molecular complexity index is 786. The fraction of sp³-hybridized carbons (Fsp3) is 0.368. The molecule has 0 saturated carbocycles. The highest BCUT2D eigenvalue weighted by atomic mass is 16.2. The molecular formula is C19H22N4O. The number of carbonyl (C=O) groups excluding carboxylic acids is 1. The van der Waals surface area contributed by atoms with Crippen molar-refractivity contribution in [2.45, 2.75) is 32.7 Å². The Labute approximate surface area is 142 Å². The molecule has 124 valence electrons. The molecule has 0 fully saturated rings. The van der Waals surface area contributed by atoms with Crippen LogP contribution in [0.25, 0.3) is 0 Å². The van der Waals surface area contributed by atoms with Crippen LogP contribution >= 0.6 is 0 Å². The second-order valence-corrected chi connectivity index (χ2v) is 7.23. The third-order valence-corrected chi connectivity index (χ3v) is 4.81. The molecule has 1 aromatic carbocycles. The van der Waals surface area contributed by atoms with Gasteiger partial charge in [0, 0.05) is 42.6 Å². The predicted molar refractivity (Wildman–Crippen MR) is 95.7 cm³/mol. The van der Waals surface area contributed by atoms with Crippen molar-refractivity contribution in [1.29, 1.82) is 0 Å². The average Bonchev–Trinajstić information content (AvgIpc) is 2.57. The second-order valence-electron chi connectivity index (χ2n) is 7.23. The van der Waals surface area contributed by atoms with Crippen LogP contribution in [-0.4, -0.2) is 35.3 Å². The molecule has 4 rings (SSSR count). The number of nitrogens with zero attached hydrogens (tertiary/aromatic N) is 3. The Balaban J connectivity index is 1.87. The monoisotopic (exact) mass is 322 g/mol. The van der Waals surface area contributed by atoms with E-state index in [0.29, 0.717) is 18.9 Å². The highest BCUT2D eigenvalue weighted by Crippen LogP contribution is 2.36. The third kappa shape index (κ3) is 2.36. The van der Waals surface area contributed by atoms with Crippen LogP contribution in [0.4, 0.5) is 5.69 Å². The summed E-state index contributed by atoms with van der Waals surface area (Å²) in [6.07, 6.45) is 4.59. The van der Waals surface area contributed by atoms with E-state index >= 15 is 0 Å². The standard InChI is InChI=1S/C19H22N4O/c1-13-5-7-14(8-6-13)23-16-12-21-19(2,3)11-15(16)22-10-4-9-20-17(22)18(23)24/h4-9,21H,10-12H2,1-3H3. The van der Waals surface area contributed by atoms with Gasteiger partial charge in [-0.2, -0.15) is 0 Å². The Morgan fingerprint density at radius 1 is 1.17 bits per heavy atom. The number of nitrogens with one attached hydrogen (secondary N) is 1. The number of amides is 1. The van der Waals surface area contributed by atoms with Crippen molar-refractivity contribution < 1.29 is 4.79 Å². The first-order valence-electron chi connectivity index (χ1n) is 8.35. The van der Waals surface area contributed by atoms with Gasteiger partial charge in [0.1, 0.15) is 0 Å². The molecule has 5 nitrogen and oxygen atoms in total. The van der Waals surface area contributed by atoms with Crippen LogP contribution in [0.3, 0.4) is 0 Å². The van der Waals surface area contributed by atoms with Gasteiger partial charge >= 0.3 is 0 Å². The molecule has 3 aliphatic rings. The summed E-state index contributed by atoms with van der Waals surface area (Å²) in [6, 6.07) is 8.09. The van der Waals surface area contributed by atoms with Crippen LogP contribution in [0.5, 0.6) is 0 Å². The van der Waals surface area contributed by atoms with Gasteiger partial charge in [0.15, 0.2) is 5.84 Å². The van der Waals surface area contributed by atoms with E-state index < -0.39 is 0 Å². The summed E-state index contributed by atoms with van der Waals surface area (Å²) in [4.78, 5) is 21.4. The van der Waals surface area contributed by atoms with Gasteiger partial charge in [-0.25, -0.2) is 4.99 Å². The van der Waals surface area contributed by atoms with Crippen molar-refractivity contribution >= 4 is 17.4 Å². The molecule has 1 N–H and O–H groups in total. The summed E-state index contributed by atoms with van der Waals surface area (Å²) in [5, 5.41) is 3.55. The number of anilines is 1. The van der Waals surface area contributed by atoms with E-state index in [9.17, 15) is 4.79 Å². The first kappa shape index (κ1) is 15.1.